The number of nitrogens with zero attached hydrogens (tertiary/aromatic N) is 1. The molecular weight excluding hydrogens is 480 g/mol. The van der Waals surface area contributed by atoms with E-state index in [9.17, 15) is 19.8 Å². The van der Waals surface area contributed by atoms with Crippen LogP contribution >= 0.6 is 11.3 Å². The quantitative estimate of drug-likeness (QED) is 0.405. The second-order valence-corrected chi connectivity index (χ2v) is 12.3. The molecular formula is C27H42N2O6S. The molecule has 2 fully saturated rings. The number of epoxide rings is 1. The van der Waals surface area contributed by atoms with Crippen LogP contribution < -0.4 is 5.73 Å². The number of hydrogen-bond donors (Lipinski definition) is 3. The molecule has 2 aliphatic rings. The first kappa shape index (κ1) is 28.9. The molecule has 9 heteroatoms. The summed E-state index contributed by atoms with van der Waals surface area (Å²) in [7, 11) is 0. The lowest BCUT2D eigenvalue weighted by molar-refractivity contribution is -0.154. The molecule has 0 spiro atoms. The second kappa shape index (κ2) is 11.4. The SMILES string of the molecule is CC(=Cc1csc(CN)n1)[C@H]1C[C@@H]2O[C@@]2(C)CCC[C@@H](C)[C@@H](O)[C@H](C)C(=O)C(C)(C)[C@H](O)CC(=O)O1. The van der Waals surface area contributed by atoms with Crippen LogP contribution in [0.1, 0.15) is 84.3 Å². The fourth-order valence-electron chi connectivity index (χ4n) is 5.11. The van der Waals surface area contributed by atoms with Crippen molar-refractivity contribution in [2.75, 3.05) is 0 Å². The van der Waals surface area contributed by atoms with Crippen LogP contribution in [0.15, 0.2) is 11.0 Å². The van der Waals surface area contributed by atoms with E-state index in [1.54, 1.807) is 20.8 Å². The van der Waals surface area contributed by atoms with Gasteiger partial charge >= 0.3 is 5.97 Å². The Kier molecular flexibility index (Phi) is 9.15. The van der Waals surface area contributed by atoms with Crippen LogP contribution in [0.3, 0.4) is 0 Å². The average Bonchev–Trinajstić information content (AvgIpc) is 3.23. The topological polar surface area (TPSA) is 135 Å². The van der Waals surface area contributed by atoms with Gasteiger partial charge in [0.25, 0.3) is 0 Å². The third-order valence-electron chi connectivity index (χ3n) is 8.03. The third-order valence-corrected chi connectivity index (χ3v) is 8.92. The number of cyclic esters (lactones) is 1. The Labute approximate surface area is 218 Å². The predicted octanol–water partition coefficient (Wildman–Crippen LogP) is 3.63. The van der Waals surface area contributed by atoms with Crippen LogP contribution in [0, 0.1) is 17.3 Å². The number of thiazole rings is 1. The normalized spacial score (nSPS) is 36.8. The molecule has 8 nitrogen and oxygen atoms in total. The van der Waals surface area contributed by atoms with Gasteiger partial charge < -0.3 is 25.4 Å². The van der Waals surface area contributed by atoms with Crippen LogP contribution in [-0.2, 0) is 25.6 Å². The van der Waals surface area contributed by atoms with Crippen LogP contribution in [0.4, 0.5) is 0 Å². The Morgan fingerprint density at radius 1 is 1.28 bits per heavy atom. The number of nitrogens with two attached hydrogens (primary N) is 1. The number of aliphatic hydroxyl groups is 2. The Hall–Kier alpha value is -1.65. The zero-order valence-electron chi connectivity index (χ0n) is 22.3. The minimum atomic E-state index is -1.24. The summed E-state index contributed by atoms with van der Waals surface area (Å²) in [4.78, 5) is 30.7. The van der Waals surface area contributed by atoms with Gasteiger partial charge in [0.15, 0.2) is 0 Å². The molecule has 202 valence electrons. The summed E-state index contributed by atoms with van der Waals surface area (Å²) in [6.07, 6.45) is 1.80. The number of hydrogen-bond acceptors (Lipinski definition) is 9. The maximum Gasteiger partial charge on any atom is 0.309 e. The highest BCUT2D eigenvalue weighted by Crippen LogP contribution is 2.45. The zero-order valence-corrected chi connectivity index (χ0v) is 23.1. The number of carbonyl (C=O) groups excluding carboxylic acids is 2. The van der Waals surface area contributed by atoms with Gasteiger partial charge in [-0.25, -0.2) is 4.98 Å². The van der Waals surface area contributed by atoms with Gasteiger partial charge in [0.2, 0.25) is 0 Å². The standard InChI is InChI=1S/C27H42N2O6S/c1-15-8-7-9-27(6)21(35-27)11-19(16(2)10-18-14-36-22(13-28)29-18)34-23(31)12-20(30)26(4,5)25(33)17(3)24(15)32/h10,14-15,17,19-21,24,30,32H,7-9,11-13,28H2,1-6H3/t15-,17+,19-,20-,21+,24-,27+/m1/s1. The molecule has 3 heterocycles. The van der Waals surface area contributed by atoms with E-state index in [1.165, 1.54) is 11.3 Å². The first-order valence-electron chi connectivity index (χ1n) is 12.9. The lowest BCUT2D eigenvalue weighted by atomic mass is 9.73. The Bertz CT molecular complexity index is 975. The largest absolute Gasteiger partial charge is 0.458 e. The van der Waals surface area contributed by atoms with E-state index in [0.717, 1.165) is 35.5 Å². The Morgan fingerprint density at radius 2 is 1.97 bits per heavy atom. The third kappa shape index (κ3) is 6.61. The molecule has 0 saturated carbocycles. The lowest BCUT2D eigenvalue weighted by Gasteiger charge is -2.34. The molecule has 3 rings (SSSR count). The fourth-order valence-corrected chi connectivity index (χ4v) is 5.74. The van der Waals surface area contributed by atoms with E-state index in [1.807, 2.05) is 25.3 Å². The van der Waals surface area contributed by atoms with Crippen molar-refractivity contribution < 1.29 is 29.3 Å². The van der Waals surface area contributed by atoms with Gasteiger partial charge in [0.05, 0.1) is 41.4 Å². The van der Waals surface area contributed by atoms with Gasteiger partial charge in [0, 0.05) is 24.3 Å². The van der Waals surface area contributed by atoms with E-state index in [4.69, 9.17) is 15.2 Å². The summed E-state index contributed by atoms with van der Waals surface area (Å²) in [5, 5.41) is 24.5. The molecule has 2 aliphatic heterocycles. The summed E-state index contributed by atoms with van der Waals surface area (Å²) < 4.78 is 11.9. The first-order valence-corrected chi connectivity index (χ1v) is 13.8. The van der Waals surface area contributed by atoms with Crippen LogP contribution in [0.5, 0.6) is 0 Å². The van der Waals surface area contributed by atoms with Crippen molar-refractivity contribution in [1.82, 2.24) is 4.98 Å². The summed E-state index contributed by atoms with van der Waals surface area (Å²) in [5.74, 6) is -1.59. The molecule has 1 aromatic heterocycles. The minimum absolute atomic E-state index is 0.0660. The Morgan fingerprint density at radius 3 is 2.61 bits per heavy atom. The number of aromatic nitrogens is 1. The van der Waals surface area contributed by atoms with Crippen molar-refractivity contribution in [2.24, 2.45) is 23.0 Å². The number of carbonyl (C=O) groups is 2. The summed E-state index contributed by atoms with van der Waals surface area (Å²) >= 11 is 1.48. The molecule has 0 bridgehead atoms. The van der Waals surface area contributed by atoms with Crippen molar-refractivity contribution in [3.05, 3.63) is 21.7 Å². The highest BCUT2D eigenvalue weighted by Gasteiger charge is 2.53. The highest BCUT2D eigenvalue weighted by atomic mass is 32.1. The monoisotopic (exact) mass is 522 g/mol. The van der Waals surface area contributed by atoms with E-state index >= 15 is 0 Å². The van der Waals surface area contributed by atoms with Crippen molar-refractivity contribution in [1.29, 1.82) is 0 Å². The molecule has 0 unspecified atom stereocenters. The van der Waals surface area contributed by atoms with Gasteiger partial charge in [0.1, 0.15) is 16.9 Å². The smallest absolute Gasteiger partial charge is 0.309 e. The van der Waals surface area contributed by atoms with Crippen molar-refractivity contribution in [2.45, 2.75) is 110 Å². The van der Waals surface area contributed by atoms with Gasteiger partial charge in [-0.2, -0.15) is 0 Å². The molecule has 0 radical (unpaired) electrons. The number of Topliss-reactive ketones (excluding diaryl/α,β-unsaturated/α-hetero) is 1. The van der Waals surface area contributed by atoms with Crippen LogP contribution in [-0.4, -0.2) is 57.0 Å². The number of ketones is 1. The maximum atomic E-state index is 13.2. The van der Waals surface area contributed by atoms with E-state index in [0.29, 0.717) is 13.0 Å². The van der Waals surface area contributed by atoms with Gasteiger partial charge in [-0.1, -0.05) is 34.1 Å². The van der Waals surface area contributed by atoms with E-state index in [-0.39, 0.29) is 29.8 Å². The zero-order chi connectivity index (χ0) is 26.8. The predicted molar refractivity (Wildman–Crippen MR) is 139 cm³/mol. The molecule has 7 atom stereocenters. The molecule has 4 N–H and O–H groups in total. The molecule has 0 aromatic carbocycles. The van der Waals surface area contributed by atoms with Gasteiger partial charge in [-0.15, -0.1) is 11.3 Å². The number of esters is 1. The Balaban J connectivity index is 1.85. The molecule has 36 heavy (non-hydrogen) atoms. The molecule has 2 saturated heterocycles. The van der Waals surface area contributed by atoms with E-state index in [2.05, 4.69) is 11.9 Å². The minimum Gasteiger partial charge on any atom is -0.458 e. The first-order chi connectivity index (χ1) is 16.8. The molecule has 1 aromatic rings. The second-order valence-electron chi connectivity index (χ2n) is 11.3. The molecule has 0 amide bonds. The lowest BCUT2D eigenvalue weighted by Crippen LogP contribution is -2.45. The van der Waals surface area contributed by atoms with Crippen molar-refractivity contribution in [3.8, 4) is 0 Å². The van der Waals surface area contributed by atoms with Gasteiger partial charge in [-0.3, -0.25) is 9.59 Å². The van der Waals surface area contributed by atoms with Crippen LogP contribution in [0.2, 0.25) is 0 Å². The van der Waals surface area contributed by atoms with Crippen molar-refractivity contribution >= 4 is 29.2 Å². The average molecular weight is 523 g/mol. The number of aliphatic hydroxyl groups excluding tert-OH is 2. The summed E-state index contributed by atoms with van der Waals surface area (Å²) in [6, 6.07) is 0. The molecule has 0 aliphatic carbocycles. The van der Waals surface area contributed by atoms with E-state index < -0.39 is 35.6 Å². The van der Waals surface area contributed by atoms with Crippen LogP contribution in [0.25, 0.3) is 6.08 Å². The number of ether oxygens (including phenoxy) is 2. The van der Waals surface area contributed by atoms with Crippen molar-refractivity contribution in [3.63, 3.8) is 0 Å². The number of fused-ring (bicyclic) bond motifs is 1. The number of rotatable bonds is 3. The fraction of sp³-hybridized carbons (Fsp3) is 0.741. The summed E-state index contributed by atoms with van der Waals surface area (Å²) in [6.45, 7) is 11.2. The van der Waals surface area contributed by atoms with Gasteiger partial charge in [-0.05, 0) is 44.3 Å². The maximum absolute atomic E-state index is 13.2. The highest BCUT2D eigenvalue weighted by molar-refractivity contribution is 7.09. The summed E-state index contributed by atoms with van der Waals surface area (Å²) in [5.41, 5.74) is 5.74.